The molecule has 33 heavy (non-hydrogen) atoms. The number of hydrogen-bond donors (Lipinski definition) is 1. The standard InChI is InChI=1S/C20H23FN5O6P/c1-3-28-17-14-16(24-19(22)25-17)26(11-23-14)18-20(2,21)15-13(31-18)10-30-33(27,32-15)29-9-12-7-5-4-6-8-12/h4-8,11,13,15,18H,3,9-10H2,1-2H3,(H2,22,24,25)/t13-,15-,18-,20-,33+/m1/s1. The van der Waals surface area contributed by atoms with E-state index >= 15 is 4.39 Å². The summed E-state index contributed by atoms with van der Waals surface area (Å²) in [4.78, 5) is 12.5. The molecule has 0 bridgehead atoms. The number of nitrogen functional groups attached to an aromatic ring is 1. The van der Waals surface area contributed by atoms with E-state index in [-0.39, 0.29) is 30.7 Å². The molecule has 2 N–H and O–H groups in total. The maximum absolute atomic E-state index is 16.1. The van der Waals surface area contributed by atoms with Crippen molar-refractivity contribution in [2.24, 2.45) is 0 Å². The highest BCUT2D eigenvalue weighted by Crippen LogP contribution is 2.60. The highest BCUT2D eigenvalue weighted by Gasteiger charge is 2.61. The van der Waals surface area contributed by atoms with Crippen LogP contribution in [-0.2, 0) is 29.5 Å². The van der Waals surface area contributed by atoms with Crippen LogP contribution in [0.3, 0.4) is 0 Å². The number of fused-ring (bicyclic) bond motifs is 2. The number of aromatic nitrogens is 4. The fourth-order valence-corrected chi connectivity index (χ4v) is 5.41. The Balaban J connectivity index is 1.40. The van der Waals surface area contributed by atoms with Crippen molar-refractivity contribution in [1.29, 1.82) is 0 Å². The van der Waals surface area contributed by atoms with Crippen molar-refractivity contribution in [1.82, 2.24) is 19.5 Å². The molecule has 0 radical (unpaired) electrons. The molecule has 5 rings (SSSR count). The van der Waals surface area contributed by atoms with Crippen LogP contribution in [-0.4, -0.2) is 50.6 Å². The number of rotatable bonds is 6. The third kappa shape index (κ3) is 3.98. The van der Waals surface area contributed by atoms with E-state index in [0.29, 0.717) is 12.1 Å². The van der Waals surface area contributed by atoms with E-state index in [2.05, 4.69) is 15.0 Å². The number of imidazole rings is 1. The van der Waals surface area contributed by atoms with Crippen molar-refractivity contribution in [2.45, 2.75) is 44.6 Å². The molecule has 2 aliphatic rings. The Kier molecular flexibility index (Phi) is 5.58. The summed E-state index contributed by atoms with van der Waals surface area (Å²) in [5, 5.41) is 0. The molecule has 13 heteroatoms. The third-order valence-corrected chi connectivity index (χ3v) is 6.89. The number of halogens is 1. The molecule has 2 fully saturated rings. The van der Waals surface area contributed by atoms with Crippen LogP contribution in [0.15, 0.2) is 36.7 Å². The maximum atomic E-state index is 16.1. The lowest BCUT2D eigenvalue weighted by atomic mass is 9.98. The van der Waals surface area contributed by atoms with Gasteiger partial charge in [-0.05, 0) is 19.4 Å². The van der Waals surface area contributed by atoms with Crippen LogP contribution in [0.1, 0.15) is 25.6 Å². The van der Waals surface area contributed by atoms with Gasteiger partial charge in [0, 0.05) is 0 Å². The number of ether oxygens (including phenoxy) is 2. The lowest BCUT2D eigenvalue weighted by Gasteiger charge is -2.33. The molecule has 0 unspecified atom stereocenters. The molecule has 11 nitrogen and oxygen atoms in total. The Morgan fingerprint density at radius 2 is 2.12 bits per heavy atom. The number of anilines is 1. The summed E-state index contributed by atoms with van der Waals surface area (Å²) >= 11 is 0. The fraction of sp³-hybridized carbons (Fsp3) is 0.450. The summed E-state index contributed by atoms with van der Waals surface area (Å²) < 4.78 is 58.3. The molecular weight excluding hydrogens is 456 g/mol. The van der Waals surface area contributed by atoms with Gasteiger partial charge in [0.15, 0.2) is 23.1 Å². The first-order valence-electron chi connectivity index (χ1n) is 10.4. The van der Waals surface area contributed by atoms with Crippen molar-refractivity contribution >= 4 is 24.9 Å². The van der Waals surface area contributed by atoms with Gasteiger partial charge in [-0.1, -0.05) is 30.3 Å². The second-order valence-electron chi connectivity index (χ2n) is 7.85. The zero-order valence-electron chi connectivity index (χ0n) is 18.0. The molecule has 1 aromatic carbocycles. The molecule has 0 amide bonds. The summed E-state index contributed by atoms with van der Waals surface area (Å²) in [6, 6.07) is 9.11. The topological polar surface area (TPSA) is 133 Å². The van der Waals surface area contributed by atoms with E-state index in [4.69, 9.17) is 28.8 Å². The smallest absolute Gasteiger partial charge is 0.475 e. The van der Waals surface area contributed by atoms with E-state index < -0.39 is 31.9 Å². The van der Waals surface area contributed by atoms with Gasteiger partial charge < -0.3 is 15.2 Å². The summed E-state index contributed by atoms with van der Waals surface area (Å²) in [5.41, 5.74) is 5.01. The van der Waals surface area contributed by atoms with E-state index in [0.717, 1.165) is 5.56 Å². The number of benzene rings is 1. The Bertz CT molecular complexity index is 1210. The molecule has 5 atom stereocenters. The molecule has 0 aliphatic carbocycles. The highest BCUT2D eigenvalue weighted by atomic mass is 31.2. The van der Waals surface area contributed by atoms with Crippen LogP contribution in [0.2, 0.25) is 0 Å². The average Bonchev–Trinajstić information content (AvgIpc) is 3.31. The summed E-state index contributed by atoms with van der Waals surface area (Å²) in [5.74, 6) is 0.134. The zero-order valence-corrected chi connectivity index (χ0v) is 18.9. The van der Waals surface area contributed by atoms with Crippen LogP contribution in [0.25, 0.3) is 11.2 Å². The molecule has 3 aromatic rings. The van der Waals surface area contributed by atoms with Gasteiger partial charge in [0.1, 0.15) is 12.2 Å². The predicted molar refractivity (Wildman–Crippen MR) is 114 cm³/mol. The molecular formula is C20H23FN5O6P. The second-order valence-corrected chi connectivity index (χ2v) is 9.47. The lowest BCUT2D eigenvalue weighted by Crippen LogP contribution is -2.44. The first-order valence-corrected chi connectivity index (χ1v) is 11.9. The van der Waals surface area contributed by atoms with Crippen molar-refractivity contribution in [2.75, 3.05) is 18.9 Å². The van der Waals surface area contributed by atoms with Gasteiger partial charge in [-0.15, -0.1) is 0 Å². The molecule has 2 aliphatic heterocycles. The van der Waals surface area contributed by atoms with Gasteiger partial charge in [0.2, 0.25) is 11.8 Å². The Morgan fingerprint density at radius 1 is 1.33 bits per heavy atom. The average molecular weight is 479 g/mol. The number of phosphoric acid groups is 1. The first-order chi connectivity index (χ1) is 15.8. The van der Waals surface area contributed by atoms with Gasteiger partial charge in [0.05, 0.1) is 26.1 Å². The minimum atomic E-state index is -4.02. The van der Waals surface area contributed by atoms with Gasteiger partial charge in [-0.2, -0.15) is 9.97 Å². The van der Waals surface area contributed by atoms with E-state index in [1.807, 2.05) is 18.2 Å². The van der Waals surface area contributed by atoms with Crippen molar-refractivity contribution < 1.29 is 32.0 Å². The van der Waals surface area contributed by atoms with Crippen LogP contribution in [0, 0.1) is 0 Å². The molecule has 2 aromatic heterocycles. The van der Waals surface area contributed by atoms with Crippen molar-refractivity contribution in [3.05, 3.63) is 42.2 Å². The summed E-state index contributed by atoms with van der Waals surface area (Å²) in [6.45, 7) is 3.26. The van der Waals surface area contributed by atoms with Gasteiger partial charge in [0.25, 0.3) is 0 Å². The Labute approximate surface area is 188 Å². The number of alkyl halides is 1. The Hall–Kier alpha value is -2.63. The monoisotopic (exact) mass is 479 g/mol. The SMILES string of the molecule is CCOc1nc(N)nc2c1ncn2[C@@H]1O[C@@H]2CO[P@](=O)(OCc3ccccc3)O[C@H]2[C@@]1(C)F. The maximum Gasteiger partial charge on any atom is 0.475 e. The first kappa shape index (κ1) is 22.2. The van der Waals surface area contributed by atoms with Crippen molar-refractivity contribution in [3.8, 4) is 5.88 Å². The van der Waals surface area contributed by atoms with Gasteiger partial charge >= 0.3 is 7.82 Å². The summed E-state index contributed by atoms with van der Waals surface area (Å²) in [7, 11) is -4.02. The lowest BCUT2D eigenvalue weighted by molar-refractivity contribution is -0.0714. The van der Waals surface area contributed by atoms with Crippen LogP contribution in [0.5, 0.6) is 5.88 Å². The van der Waals surface area contributed by atoms with Crippen LogP contribution < -0.4 is 10.5 Å². The molecule has 4 heterocycles. The molecule has 0 spiro atoms. The minimum absolute atomic E-state index is 0.00858. The van der Waals surface area contributed by atoms with E-state index in [9.17, 15) is 4.57 Å². The predicted octanol–water partition coefficient (Wildman–Crippen LogP) is 3.17. The normalized spacial score (nSPS) is 31.5. The quantitative estimate of drug-likeness (QED) is 0.526. The van der Waals surface area contributed by atoms with E-state index in [1.54, 1.807) is 19.1 Å². The number of hydrogen-bond acceptors (Lipinski definition) is 10. The van der Waals surface area contributed by atoms with E-state index in [1.165, 1.54) is 17.8 Å². The number of nitrogens with two attached hydrogens (primary N) is 1. The fourth-order valence-electron chi connectivity index (χ4n) is 3.95. The molecule has 2 saturated heterocycles. The third-order valence-electron chi connectivity index (χ3n) is 5.49. The summed E-state index contributed by atoms with van der Waals surface area (Å²) in [6.07, 6.45) is -1.87. The minimum Gasteiger partial charge on any atom is -0.476 e. The largest absolute Gasteiger partial charge is 0.476 e. The van der Waals surface area contributed by atoms with Crippen LogP contribution in [0.4, 0.5) is 10.3 Å². The van der Waals surface area contributed by atoms with Crippen LogP contribution >= 0.6 is 7.82 Å². The van der Waals surface area contributed by atoms with Gasteiger partial charge in [-0.3, -0.25) is 18.1 Å². The number of nitrogens with zero attached hydrogens (tertiary/aromatic N) is 4. The second kappa shape index (κ2) is 8.30. The van der Waals surface area contributed by atoms with Gasteiger partial charge in [-0.25, -0.2) is 13.9 Å². The Morgan fingerprint density at radius 3 is 2.88 bits per heavy atom. The zero-order chi connectivity index (χ0) is 23.2. The number of phosphoric ester groups is 1. The molecule has 176 valence electrons. The highest BCUT2D eigenvalue weighted by molar-refractivity contribution is 7.48. The molecule has 0 saturated carbocycles. The van der Waals surface area contributed by atoms with Crippen molar-refractivity contribution in [3.63, 3.8) is 0 Å².